The summed E-state index contributed by atoms with van der Waals surface area (Å²) in [6.45, 7) is 9.14. The van der Waals surface area contributed by atoms with Crippen LogP contribution in [0.3, 0.4) is 0 Å². The first-order valence-corrected chi connectivity index (χ1v) is 51.6. The van der Waals surface area contributed by atoms with E-state index in [1.54, 1.807) is 22.3 Å². The van der Waals surface area contributed by atoms with Gasteiger partial charge in [-0.1, -0.05) is 420 Å². The Hall–Kier alpha value is -11.6. The first-order chi connectivity index (χ1) is 63.2. The third kappa shape index (κ3) is 17.4. The molecular weight excluding hydrogens is 1580 g/mol. The fourth-order valence-electron chi connectivity index (χ4n) is 23.3. The molecule has 22 rings (SSSR count). The van der Waals surface area contributed by atoms with Crippen molar-refractivity contribution in [2.75, 3.05) is 0 Å². The minimum atomic E-state index is -0.179. The topological polar surface area (TPSA) is 0 Å². The summed E-state index contributed by atoms with van der Waals surface area (Å²) >= 11 is 0. The Kier molecular flexibility index (Phi) is 25.8. The van der Waals surface area contributed by atoms with Crippen LogP contribution in [-0.4, -0.2) is 22.6 Å². The summed E-state index contributed by atoms with van der Waals surface area (Å²) in [5.74, 6) is 0. The van der Waals surface area contributed by atoms with Crippen LogP contribution in [0.1, 0.15) is 162 Å². The molecule has 2 heteroatoms. The summed E-state index contributed by atoms with van der Waals surface area (Å²) in [7, 11) is -0.359. The summed E-state index contributed by atoms with van der Waals surface area (Å²) in [6.07, 6.45) is 31.4. The molecule has 0 aliphatic heterocycles. The van der Waals surface area contributed by atoms with E-state index in [0.717, 1.165) is 22.6 Å². The van der Waals surface area contributed by atoms with Crippen molar-refractivity contribution in [1.29, 1.82) is 0 Å². The number of benzene rings is 18. The molecule has 4 saturated carbocycles. The Labute approximate surface area is 763 Å². The van der Waals surface area contributed by atoms with Crippen LogP contribution in [0.25, 0.3) is 165 Å². The number of fused-ring (bicyclic) bond motifs is 6. The summed E-state index contributed by atoms with van der Waals surface area (Å²) in [6, 6.07) is 135. The summed E-state index contributed by atoms with van der Waals surface area (Å²) in [5, 5.41) is 16.1. The van der Waals surface area contributed by atoms with Crippen molar-refractivity contribution in [1.82, 2.24) is 0 Å². The highest BCUT2D eigenvalue weighted by Crippen LogP contribution is 2.64. The Morgan fingerprint density at radius 2 is 0.344 bits per heavy atom. The van der Waals surface area contributed by atoms with Crippen LogP contribution in [0.5, 0.6) is 0 Å². The van der Waals surface area contributed by atoms with Crippen LogP contribution < -0.4 is 0 Å². The second-order valence-electron chi connectivity index (χ2n) is 37.3. The van der Waals surface area contributed by atoms with Crippen molar-refractivity contribution in [2.45, 2.75) is 191 Å². The van der Waals surface area contributed by atoms with E-state index in [-0.39, 0.29) is 15.8 Å². The van der Waals surface area contributed by atoms with Crippen LogP contribution in [0.2, 0.25) is 0 Å². The molecule has 4 aliphatic carbocycles. The van der Waals surface area contributed by atoms with Crippen molar-refractivity contribution in [3.8, 4) is 100 Å². The first-order valence-electron chi connectivity index (χ1n) is 48.3. The quantitative estimate of drug-likeness (QED) is 0.0797. The SMILES string of the molecule is Cc1c(-c2ccccc2)cc2ccccc2c1-c1c(C)c(-c2ccccc2)cc2ccccc12.Cc1c(-c2ccccc2)cc2ccccc2c1-c1c(C)c(-c2ccccc2)cc2ccccc12.c1ccc(-c2cc3ccccc3c(-c3c(CP(C4CCCCC4)C4CCCCC4)c(-c4ccccc4)cc4ccccc34)c2CP(C2CCCCC2)C2CCCCC2)cc1. The zero-order valence-corrected chi connectivity index (χ0v) is 77.2. The summed E-state index contributed by atoms with van der Waals surface area (Å²) in [4.78, 5) is 0. The van der Waals surface area contributed by atoms with E-state index in [1.165, 1.54) is 317 Å². The third-order valence-electron chi connectivity index (χ3n) is 29.7. The maximum absolute atomic E-state index is 2.62. The smallest absolute Gasteiger partial charge is 0.00542 e. The molecule has 4 fully saturated rings. The molecule has 0 saturated heterocycles. The van der Waals surface area contributed by atoms with Gasteiger partial charge in [0.25, 0.3) is 0 Å². The largest absolute Gasteiger partial charge is 0.0958 e. The highest BCUT2D eigenvalue weighted by atomic mass is 31.1. The summed E-state index contributed by atoms with van der Waals surface area (Å²) in [5.41, 5.74) is 36.8. The zero-order chi connectivity index (χ0) is 86.2. The van der Waals surface area contributed by atoms with Crippen LogP contribution in [0.4, 0.5) is 0 Å². The molecule has 0 spiro atoms. The van der Waals surface area contributed by atoms with Gasteiger partial charge in [-0.2, -0.15) is 0 Å². The lowest BCUT2D eigenvalue weighted by molar-refractivity contribution is 0.484. The second-order valence-corrected chi connectivity index (χ2v) is 42.9. The highest BCUT2D eigenvalue weighted by molar-refractivity contribution is 7.58. The van der Waals surface area contributed by atoms with Gasteiger partial charge in [-0.3, -0.25) is 0 Å². The molecule has 0 amide bonds. The third-order valence-corrected chi connectivity index (χ3v) is 36.8. The molecule has 4 aliphatic rings. The van der Waals surface area contributed by atoms with Gasteiger partial charge in [0.1, 0.15) is 0 Å². The van der Waals surface area contributed by atoms with E-state index in [1.807, 2.05) is 0 Å². The minimum Gasteiger partial charge on any atom is -0.0958 e. The Morgan fingerprint density at radius 1 is 0.180 bits per heavy atom. The zero-order valence-electron chi connectivity index (χ0n) is 75.4. The predicted molar refractivity (Wildman–Crippen MR) is 561 cm³/mol. The van der Waals surface area contributed by atoms with Crippen LogP contribution in [0.15, 0.2) is 364 Å². The normalized spacial score (nSPS) is 15.0. The van der Waals surface area contributed by atoms with Crippen molar-refractivity contribution < 1.29 is 0 Å². The van der Waals surface area contributed by atoms with Gasteiger partial charge in [-0.25, -0.2) is 0 Å². The van der Waals surface area contributed by atoms with Crippen molar-refractivity contribution in [3.63, 3.8) is 0 Å². The minimum absolute atomic E-state index is 0.179. The lowest BCUT2D eigenvalue weighted by atomic mass is 9.82. The molecule has 634 valence electrons. The van der Waals surface area contributed by atoms with Gasteiger partial charge in [0.15, 0.2) is 0 Å². The highest BCUT2D eigenvalue weighted by Gasteiger charge is 2.37. The van der Waals surface area contributed by atoms with Crippen molar-refractivity contribution in [3.05, 3.63) is 397 Å². The van der Waals surface area contributed by atoms with Crippen LogP contribution >= 0.6 is 15.8 Å². The van der Waals surface area contributed by atoms with Crippen molar-refractivity contribution >= 4 is 80.5 Å². The maximum atomic E-state index is 2.62. The van der Waals surface area contributed by atoms with E-state index in [2.05, 4.69) is 392 Å². The molecule has 0 nitrogen and oxygen atoms in total. The molecule has 0 unspecified atom stereocenters. The van der Waals surface area contributed by atoms with E-state index in [0.29, 0.717) is 0 Å². The Morgan fingerprint density at radius 3 is 0.547 bits per heavy atom. The van der Waals surface area contributed by atoms with Crippen molar-refractivity contribution in [2.24, 2.45) is 0 Å². The Bertz CT molecular complexity index is 6220. The second kappa shape index (κ2) is 39.1. The van der Waals surface area contributed by atoms with E-state index < -0.39 is 0 Å². The maximum Gasteiger partial charge on any atom is -0.00542 e. The molecular formula is C126H120P2. The molecule has 128 heavy (non-hydrogen) atoms. The number of hydrogen-bond acceptors (Lipinski definition) is 0. The first kappa shape index (κ1) is 84.5. The molecule has 0 radical (unpaired) electrons. The number of hydrogen-bond donors (Lipinski definition) is 0. The van der Waals surface area contributed by atoms with Gasteiger partial charge in [0.2, 0.25) is 0 Å². The standard InChI is InChI=1S/C58H68P2.2C34H26/c1-7-23-43(24-8-1)53-39-45-27-19-21-37-51(45)57(55(53)41-59(47-29-11-3-12-30-47)48-31-13-4-14-32-48)58-52-38-22-20-28-46(52)40-54(44-25-9-2-10-26-44)56(58)42-60(49-33-15-5-16-34-49)50-35-17-6-18-36-50;2*1-23-31(25-13-5-3-6-14-25)21-27-17-9-11-19-29(27)33(23)34-24(2)32(26-15-7-4-8-16-26)22-28-18-10-12-20-30(28)34/h1-2,7-10,19-28,37-40,47-50H,3-6,11-18,29-36,41-42H2;2*3-22H,1-2H3. The van der Waals surface area contributed by atoms with Gasteiger partial charge in [0, 0.05) is 0 Å². The lowest BCUT2D eigenvalue weighted by Gasteiger charge is -2.40. The van der Waals surface area contributed by atoms with E-state index in [4.69, 9.17) is 0 Å². The monoisotopic (exact) mass is 1690 g/mol. The summed E-state index contributed by atoms with van der Waals surface area (Å²) < 4.78 is 0. The Balaban J connectivity index is 0.000000129. The molecule has 0 aromatic heterocycles. The van der Waals surface area contributed by atoms with E-state index >= 15 is 0 Å². The molecule has 18 aromatic rings. The molecule has 0 atom stereocenters. The average molecular weight is 1700 g/mol. The fourth-order valence-corrected chi connectivity index (χ4v) is 31.0. The van der Waals surface area contributed by atoms with Crippen LogP contribution in [-0.2, 0) is 12.3 Å². The van der Waals surface area contributed by atoms with Gasteiger partial charge >= 0.3 is 0 Å². The van der Waals surface area contributed by atoms with Gasteiger partial charge in [-0.15, -0.1) is 0 Å². The van der Waals surface area contributed by atoms with Gasteiger partial charge in [-0.05, 0) is 349 Å². The molecule has 0 bridgehead atoms. The van der Waals surface area contributed by atoms with Crippen LogP contribution in [0, 0.1) is 27.7 Å². The number of rotatable bonds is 17. The average Bonchev–Trinajstić information content (AvgIpc) is 0.731. The van der Waals surface area contributed by atoms with Gasteiger partial charge < -0.3 is 0 Å². The molecule has 0 heterocycles. The van der Waals surface area contributed by atoms with E-state index in [9.17, 15) is 0 Å². The fraction of sp³-hybridized carbons (Fsp3) is 0.238. The lowest BCUT2D eigenvalue weighted by Crippen LogP contribution is -2.22. The van der Waals surface area contributed by atoms with Gasteiger partial charge in [0.05, 0.1) is 0 Å². The molecule has 0 N–H and O–H groups in total. The molecule has 18 aromatic carbocycles. The predicted octanol–water partition coefficient (Wildman–Crippen LogP) is 37.5.